The molecule has 0 aliphatic rings. The molecule has 0 bridgehead atoms. The molecule has 2 aromatic rings. The lowest BCUT2D eigenvalue weighted by Crippen LogP contribution is -2.13. The van der Waals surface area contributed by atoms with Crippen LogP contribution in [0, 0.1) is 5.82 Å². The van der Waals surface area contributed by atoms with Crippen LogP contribution >= 0.6 is 31.9 Å². The molecular formula is C13H8Br2FNO4S. The van der Waals surface area contributed by atoms with Gasteiger partial charge in [-0.15, -0.1) is 0 Å². The highest BCUT2D eigenvalue weighted by atomic mass is 79.9. The lowest BCUT2D eigenvalue weighted by atomic mass is 10.2. The smallest absolute Gasteiger partial charge is 0.297 e. The summed E-state index contributed by atoms with van der Waals surface area (Å²) in [5, 5.41) is 2.43. The number of nitrogens with one attached hydrogen (secondary N) is 1. The molecule has 0 fully saturated rings. The first-order valence-corrected chi connectivity index (χ1v) is 8.74. The van der Waals surface area contributed by atoms with Gasteiger partial charge in [0.15, 0.2) is 0 Å². The minimum absolute atomic E-state index is 0.0372. The number of hydrogen-bond acceptors (Lipinski definition) is 3. The molecule has 1 amide bonds. The van der Waals surface area contributed by atoms with Crippen molar-refractivity contribution in [1.29, 1.82) is 0 Å². The Morgan fingerprint density at radius 2 is 1.68 bits per heavy atom. The molecule has 0 aromatic heterocycles. The minimum atomic E-state index is -4.71. The molecule has 2 N–H and O–H groups in total. The molecule has 0 heterocycles. The van der Waals surface area contributed by atoms with Gasteiger partial charge >= 0.3 is 0 Å². The van der Waals surface area contributed by atoms with Gasteiger partial charge in [-0.2, -0.15) is 8.42 Å². The van der Waals surface area contributed by atoms with Crippen molar-refractivity contribution in [2.45, 2.75) is 4.90 Å². The van der Waals surface area contributed by atoms with Crippen LogP contribution in [0.5, 0.6) is 0 Å². The van der Waals surface area contributed by atoms with E-state index in [1.54, 1.807) is 18.2 Å². The Hall–Kier alpha value is -1.29. The summed E-state index contributed by atoms with van der Waals surface area (Å²) in [6.45, 7) is 0. The quantitative estimate of drug-likeness (QED) is 0.693. The van der Waals surface area contributed by atoms with Gasteiger partial charge in [-0.3, -0.25) is 9.35 Å². The van der Waals surface area contributed by atoms with Crippen molar-refractivity contribution in [2.24, 2.45) is 0 Å². The average molecular weight is 453 g/mol. The highest BCUT2D eigenvalue weighted by Crippen LogP contribution is 2.23. The van der Waals surface area contributed by atoms with E-state index < -0.39 is 26.7 Å². The normalized spacial score (nSPS) is 11.3. The van der Waals surface area contributed by atoms with E-state index >= 15 is 0 Å². The fourth-order valence-electron chi connectivity index (χ4n) is 1.67. The number of carbonyl (C=O) groups excluding carboxylic acids is 1. The SMILES string of the molecule is O=C(Nc1ccc(F)c(S(=O)(=O)O)c1)c1cc(Br)cc(Br)c1. The number of halogens is 3. The topological polar surface area (TPSA) is 83.5 Å². The highest BCUT2D eigenvalue weighted by Gasteiger charge is 2.17. The van der Waals surface area contributed by atoms with E-state index in [4.69, 9.17) is 4.55 Å². The van der Waals surface area contributed by atoms with Crippen LogP contribution in [0.25, 0.3) is 0 Å². The molecule has 2 rings (SSSR count). The summed E-state index contributed by atoms with van der Waals surface area (Å²) >= 11 is 6.48. The van der Waals surface area contributed by atoms with Gasteiger partial charge in [-0.05, 0) is 36.4 Å². The molecule has 0 saturated heterocycles. The van der Waals surface area contributed by atoms with Crippen LogP contribution in [0.3, 0.4) is 0 Å². The Kier molecular flexibility index (Phi) is 5.00. The van der Waals surface area contributed by atoms with E-state index in [0.717, 1.165) is 12.1 Å². The Morgan fingerprint density at radius 3 is 2.23 bits per heavy atom. The molecular weight excluding hydrogens is 445 g/mol. The van der Waals surface area contributed by atoms with Gasteiger partial charge in [0.1, 0.15) is 10.7 Å². The molecule has 0 unspecified atom stereocenters. The van der Waals surface area contributed by atoms with Crippen molar-refractivity contribution in [3.63, 3.8) is 0 Å². The van der Waals surface area contributed by atoms with E-state index in [-0.39, 0.29) is 5.69 Å². The number of amides is 1. The fourth-order valence-corrected chi connectivity index (χ4v) is 3.55. The summed E-state index contributed by atoms with van der Waals surface area (Å²) in [5.41, 5.74) is 0.342. The number of benzene rings is 2. The maximum atomic E-state index is 13.4. The van der Waals surface area contributed by atoms with Crippen LogP contribution in [-0.2, 0) is 10.1 Å². The molecule has 0 aliphatic heterocycles. The van der Waals surface area contributed by atoms with E-state index in [0.29, 0.717) is 14.5 Å². The molecule has 2 aromatic carbocycles. The molecule has 0 aliphatic carbocycles. The predicted octanol–water partition coefficient (Wildman–Crippen LogP) is 3.85. The second kappa shape index (κ2) is 6.45. The number of anilines is 1. The molecule has 9 heteroatoms. The zero-order chi connectivity index (χ0) is 16.5. The predicted molar refractivity (Wildman–Crippen MR) is 86.0 cm³/mol. The van der Waals surface area contributed by atoms with Gasteiger partial charge in [0, 0.05) is 20.2 Å². The molecule has 0 radical (unpaired) electrons. The Bertz CT molecular complexity index is 835. The fraction of sp³-hybridized carbons (Fsp3) is 0. The Morgan fingerprint density at radius 1 is 1.09 bits per heavy atom. The van der Waals surface area contributed by atoms with Crippen LogP contribution in [-0.4, -0.2) is 18.9 Å². The van der Waals surface area contributed by atoms with E-state index in [1.165, 1.54) is 6.07 Å². The zero-order valence-corrected chi connectivity index (χ0v) is 14.7. The van der Waals surface area contributed by atoms with E-state index in [1.807, 2.05) is 0 Å². The summed E-state index contributed by atoms with van der Waals surface area (Å²) < 4.78 is 45.7. The van der Waals surface area contributed by atoms with Gasteiger partial charge < -0.3 is 5.32 Å². The standard InChI is InChI=1S/C13H8Br2FNO4S/c14-8-3-7(4-9(15)5-8)13(18)17-10-1-2-11(16)12(6-10)22(19,20)21/h1-6H,(H,17,18)(H,19,20,21). The van der Waals surface area contributed by atoms with Gasteiger partial charge in [-0.1, -0.05) is 31.9 Å². The second-order valence-electron chi connectivity index (χ2n) is 4.23. The van der Waals surface area contributed by atoms with Crippen molar-refractivity contribution in [2.75, 3.05) is 5.32 Å². The van der Waals surface area contributed by atoms with Crippen molar-refractivity contribution in [3.8, 4) is 0 Å². The van der Waals surface area contributed by atoms with Crippen LogP contribution < -0.4 is 5.32 Å². The second-order valence-corrected chi connectivity index (χ2v) is 7.45. The largest absolute Gasteiger partial charge is 0.322 e. The number of rotatable bonds is 3. The zero-order valence-electron chi connectivity index (χ0n) is 10.7. The van der Waals surface area contributed by atoms with Crippen molar-refractivity contribution in [3.05, 3.63) is 56.7 Å². The van der Waals surface area contributed by atoms with E-state index in [9.17, 15) is 17.6 Å². The number of hydrogen-bond donors (Lipinski definition) is 2. The highest BCUT2D eigenvalue weighted by molar-refractivity contribution is 9.11. The van der Waals surface area contributed by atoms with Crippen molar-refractivity contribution < 1.29 is 22.2 Å². The average Bonchev–Trinajstić information content (AvgIpc) is 2.38. The van der Waals surface area contributed by atoms with Gasteiger partial charge in [0.2, 0.25) is 0 Å². The first kappa shape index (κ1) is 17.1. The third-order valence-electron chi connectivity index (χ3n) is 2.59. The van der Waals surface area contributed by atoms with Crippen LogP contribution in [0.1, 0.15) is 10.4 Å². The molecule has 0 spiro atoms. The summed E-state index contributed by atoms with van der Waals surface area (Å²) in [6, 6.07) is 7.74. The first-order chi connectivity index (χ1) is 10.2. The van der Waals surface area contributed by atoms with Gasteiger partial charge in [-0.25, -0.2) is 4.39 Å². The first-order valence-electron chi connectivity index (χ1n) is 5.71. The lowest BCUT2D eigenvalue weighted by molar-refractivity contribution is 0.102. The van der Waals surface area contributed by atoms with Gasteiger partial charge in [0.25, 0.3) is 16.0 Å². The van der Waals surface area contributed by atoms with Crippen molar-refractivity contribution in [1.82, 2.24) is 0 Å². The summed E-state index contributed by atoms with van der Waals surface area (Å²) in [4.78, 5) is 11.2. The Labute approximate surface area is 142 Å². The molecule has 116 valence electrons. The molecule has 22 heavy (non-hydrogen) atoms. The summed E-state index contributed by atoms with van der Waals surface area (Å²) in [5.74, 6) is -1.62. The van der Waals surface area contributed by atoms with Crippen molar-refractivity contribution >= 4 is 53.6 Å². The lowest BCUT2D eigenvalue weighted by Gasteiger charge is -2.08. The van der Waals surface area contributed by atoms with E-state index in [2.05, 4.69) is 37.2 Å². The molecule has 5 nitrogen and oxygen atoms in total. The van der Waals surface area contributed by atoms with Crippen LogP contribution in [0.2, 0.25) is 0 Å². The van der Waals surface area contributed by atoms with Crippen LogP contribution in [0.15, 0.2) is 50.2 Å². The maximum absolute atomic E-state index is 13.4. The molecule has 0 saturated carbocycles. The molecule has 0 atom stereocenters. The number of carbonyl (C=O) groups is 1. The monoisotopic (exact) mass is 451 g/mol. The van der Waals surface area contributed by atoms with Crippen LogP contribution in [0.4, 0.5) is 10.1 Å². The van der Waals surface area contributed by atoms with Gasteiger partial charge in [0.05, 0.1) is 0 Å². The third-order valence-corrected chi connectivity index (χ3v) is 4.38. The maximum Gasteiger partial charge on any atom is 0.297 e. The Balaban J connectivity index is 2.33. The third kappa shape index (κ3) is 4.13. The summed E-state index contributed by atoms with van der Waals surface area (Å²) in [7, 11) is -4.71. The summed E-state index contributed by atoms with van der Waals surface area (Å²) in [6.07, 6.45) is 0. The minimum Gasteiger partial charge on any atom is -0.322 e.